The molecule has 5 rings (SSSR count). The maximum Gasteiger partial charge on any atom is 0.250 e. The van der Waals surface area contributed by atoms with E-state index in [2.05, 4.69) is 10.1 Å². The molecule has 0 bridgehead atoms. The van der Waals surface area contributed by atoms with E-state index < -0.39 is 5.91 Å². The Hall–Kier alpha value is -3.52. The Labute approximate surface area is 204 Å². The zero-order chi connectivity index (χ0) is 25.1. The van der Waals surface area contributed by atoms with Gasteiger partial charge in [0, 0.05) is 32.3 Å². The monoisotopic (exact) mass is 477 g/mol. The van der Waals surface area contributed by atoms with Crippen LogP contribution in [0.4, 0.5) is 4.39 Å². The lowest BCUT2D eigenvalue weighted by Crippen LogP contribution is -2.14. The third-order valence-corrected chi connectivity index (χ3v) is 6.66. The Morgan fingerprint density at radius 3 is 2.46 bits per heavy atom. The van der Waals surface area contributed by atoms with E-state index in [1.807, 2.05) is 33.3 Å². The summed E-state index contributed by atoms with van der Waals surface area (Å²) in [5, 5.41) is 13.0. The molecule has 1 saturated carbocycles. The molecule has 2 heterocycles. The minimum atomic E-state index is -0.526. The Kier molecular flexibility index (Phi) is 7.31. The minimum absolute atomic E-state index is 0.0359. The molecule has 0 unspecified atom stereocenters. The van der Waals surface area contributed by atoms with Crippen LogP contribution in [0.25, 0.3) is 22.2 Å². The fourth-order valence-electron chi connectivity index (χ4n) is 4.62. The first-order valence-electron chi connectivity index (χ1n) is 11.9. The molecule has 0 radical (unpaired) electrons. The lowest BCUT2D eigenvalue weighted by atomic mass is 9.95. The lowest BCUT2D eigenvalue weighted by Gasteiger charge is -2.14. The molecule has 2 aromatic carbocycles. The number of aliphatic hydroxyl groups excluding tert-OH is 1. The number of nitrogens with two attached hydrogens (primary N) is 1. The maximum atomic E-state index is 14.8. The number of carbonyl (C=O) groups excluding carboxylic acids is 1. The number of rotatable bonds is 4. The second-order valence-electron chi connectivity index (χ2n) is 9.30. The first-order chi connectivity index (χ1) is 16.7. The number of amides is 1. The van der Waals surface area contributed by atoms with Crippen molar-refractivity contribution < 1.29 is 14.3 Å². The van der Waals surface area contributed by atoms with E-state index in [9.17, 15) is 9.18 Å². The van der Waals surface area contributed by atoms with Crippen molar-refractivity contribution in [1.82, 2.24) is 19.3 Å². The van der Waals surface area contributed by atoms with Crippen molar-refractivity contribution in [2.24, 2.45) is 19.8 Å². The van der Waals surface area contributed by atoms with Crippen molar-refractivity contribution in [3.8, 4) is 11.1 Å². The molecule has 4 aromatic rings. The highest BCUT2D eigenvalue weighted by atomic mass is 19.1. The molecule has 2 aromatic heterocycles. The number of fused-ring (bicyclic) bond motifs is 1. The van der Waals surface area contributed by atoms with Crippen molar-refractivity contribution in [2.45, 2.75) is 51.6 Å². The number of aliphatic hydroxyl groups is 1. The van der Waals surface area contributed by atoms with Crippen LogP contribution in [0.3, 0.4) is 0 Å². The van der Waals surface area contributed by atoms with Crippen LogP contribution in [0.1, 0.15) is 59.2 Å². The number of aryl methyl sites for hydroxylation is 3. The van der Waals surface area contributed by atoms with Gasteiger partial charge in [-0.25, -0.2) is 9.37 Å². The van der Waals surface area contributed by atoms with Crippen LogP contribution in [0.15, 0.2) is 43.0 Å². The summed E-state index contributed by atoms with van der Waals surface area (Å²) >= 11 is 0. The molecule has 7 nitrogen and oxygen atoms in total. The Morgan fingerprint density at radius 2 is 1.89 bits per heavy atom. The second kappa shape index (κ2) is 10.4. The number of halogens is 1. The van der Waals surface area contributed by atoms with Gasteiger partial charge in [0.15, 0.2) is 0 Å². The average molecular weight is 478 g/mol. The van der Waals surface area contributed by atoms with Crippen LogP contribution in [0.5, 0.6) is 0 Å². The zero-order valence-electron chi connectivity index (χ0n) is 20.5. The summed E-state index contributed by atoms with van der Waals surface area (Å²) in [5.41, 5.74) is 11.3. The Balaban J connectivity index is 0.000000356. The molecule has 1 fully saturated rings. The van der Waals surface area contributed by atoms with E-state index in [4.69, 9.17) is 10.8 Å². The van der Waals surface area contributed by atoms with Crippen LogP contribution in [-0.2, 0) is 20.5 Å². The predicted octanol–water partition coefficient (Wildman–Crippen LogP) is 4.42. The summed E-state index contributed by atoms with van der Waals surface area (Å²) in [6, 6.07) is 6.90. The van der Waals surface area contributed by atoms with E-state index >= 15 is 0 Å². The average Bonchev–Trinajstić information content (AvgIpc) is 3.44. The molecular weight excluding hydrogens is 445 g/mol. The van der Waals surface area contributed by atoms with Gasteiger partial charge in [-0.15, -0.1) is 0 Å². The highest BCUT2D eigenvalue weighted by molar-refractivity contribution is 6.05. The van der Waals surface area contributed by atoms with Crippen LogP contribution in [0.2, 0.25) is 0 Å². The van der Waals surface area contributed by atoms with Crippen LogP contribution in [0, 0.1) is 12.7 Å². The van der Waals surface area contributed by atoms with E-state index in [1.54, 1.807) is 33.9 Å². The van der Waals surface area contributed by atoms with Crippen LogP contribution < -0.4 is 5.73 Å². The van der Waals surface area contributed by atoms with Crippen molar-refractivity contribution in [3.63, 3.8) is 0 Å². The number of carbonyl (C=O) groups is 1. The van der Waals surface area contributed by atoms with Gasteiger partial charge in [0.2, 0.25) is 0 Å². The molecule has 35 heavy (non-hydrogen) atoms. The summed E-state index contributed by atoms with van der Waals surface area (Å²) in [4.78, 5) is 16.3. The highest BCUT2D eigenvalue weighted by Gasteiger charge is 2.18. The number of nitrogens with zero attached hydrogens (tertiary/aromatic N) is 4. The zero-order valence-corrected chi connectivity index (χ0v) is 20.5. The summed E-state index contributed by atoms with van der Waals surface area (Å²) in [5.74, 6) is -0.829. The smallest absolute Gasteiger partial charge is 0.250 e. The fourth-order valence-corrected chi connectivity index (χ4v) is 4.62. The summed E-state index contributed by atoms with van der Waals surface area (Å²) < 4.78 is 18.3. The quantitative estimate of drug-likeness (QED) is 0.454. The van der Waals surface area contributed by atoms with Gasteiger partial charge >= 0.3 is 0 Å². The molecule has 184 valence electrons. The van der Waals surface area contributed by atoms with Crippen molar-refractivity contribution >= 4 is 16.9 Å². The minimum Gasteiger partial charge on any atom is -0.393 e. The van der Waals surface area contributed by atoms with Crippen LogP contribution in [-0.4, -0.2) is 36.4 Å². The molecule has 0 saturated heterocycles. The molecule has 0 aliphatic heterocycles. The third-order valence-electron chi connectivity index (χ3n) is 6.66. The van der Waals surface area contributed by atoms with E-state index in [-0.39, 0.29) is 11.9 Å². The molecule has 8 heteroatoms. The van der Waals surface area contributed by atoms with Gasteiger partial charge in [-0.1, -0.05) is 31.4 Å². The van der Waals surface area contributed by atoms with Crippen LogP contribution >= 0.6 is 0 Å². The van der Waals surface area contributed by atoms with Crippen molar-refractivity contribution in [2.75, 3.05) is 0 Å². The number of aromatic nitrogens is 4. The molecular formula is C27H32FN5O2. The molecule has 1 amide bonds. The first-order valence-corrected chi connectivity index (χ1v) is 11.9. The van der Waals surface area contributed by atoms with Crippen molar-refractivity contribution in [3.05, 3.63) is 71.1 Å². The van der Waals surface area contributed by atoms with Gasteiger partial charge in [-0.05, 0) is 54.2 Å². The fraction of sp³-hybridized carbons (Fsp3) is 0.370. The van der Waals surface area contributed by atoms with Gasteiger partial charge < -0.3 is 15.4 Å². The summed E-state index contributed by atoms with van der Waals surface area (Å²) in [6.45, 7) is 1.93. The number of benzene rings is 2. The standard InChI is InChI=1S/C21H20FN5O.C6H12O/c1-12-15(7-17(21(23)28)20-19(12)24-11-26(20)2)6-14-5-4-13(8-18(14)22)16-9-25-27(3)10-16;7-6-4-2-1-3-5-6/h4-5,7-11H,6H2,1-3H3,(H2,23,28);6-7H,1-5H2. The predicted molar refractivity (Wildman–Crippen MR) is 134 cm³/mol. The molecule has 1 aliphatic carbocycles. The maximum absolute atomic E-state index is 14.8. The first kappa shape index (κ1) is 24.6. The van der Waals surface area contributed by atoms with E-state index in [0.29, 0.717) is 28.6 Å². The Bertz CT molecular complexity index is 1350. The number of imidazole rings is 1. The van der Waals surface area contributed by atoms with Crippen molar-refractivity contribution in [1.29, 1.82) is 0 Å². The van der Waals surface area contributed by atoms with Gasteiger partial charge in [0.05, 0.1) is 35.2 Å². The lowest BCUT2D eigenvalue weighted by molar-refractivity contribution is 0.100. The topological polar surface area (TPSA) is 99.0 Å². The number of hydrogen-bond donors (Lipinski definition) is 2. The summed E-state index contributed by atoms with van der Waals surface area (Å²) in [7, 11) is 3.64. The van der Waals surface area contributed by atoms with Gasteiger partial charge in [-0.3, -0.25) is 9.48 Å². The molecule has 0 spiro atoms. The SMILES string of the molecule is Cc1c(Cc2ccc(-c3cnn(C)c3)cc2F)cc(C(N)=O)c2c1ncn2C.OC1CCCCC1. The van der Waals surface area contributed by atoms with Gasteiger partial charge in [-0.2, -0.15) is 5.10 Å². The number of primary amides is 1. The molecule has 1 aliphatic rings. The van der Waals surface area contributed by atoms with E-state index in [1.165, 1.54) is 25.3 Å². The normalized spacial score (nSPS) is 14.1. The summed E-state index contributed by atoms with van der Waals surface area (Å²) in [6.07, 6.45) is 11.5. The second-order valence-corrected chi connectivity index (χ2v) is 9.30. The third kappa shape index (κ3) is 5.43. The van der Waals surface area contributed by atoms with Gasteiger partial charge in [0.1, 0.15) is 5.82 Å². The largest absolute Gasteiger partial charge is 0.393 e. The van der Waals surface area contributed by atoms with E-state index in [0.717, 1.165) is 35.1 Å². The van der Waals surface area contributed by atoms with Gasteiger partial charge in [0.25, 0.3) is 5.91 Å². The number of hydrogen-bond acceptors (Lipinski definition) is 4. The molecule has 3 N–H and O–H groups in total. The molecule has 0 atom stereocenters. The Morgan fingerprint density at radius 1 is 1.14 bits per heavy atom. The highest BCUT2D eigenvalue weighted by Crippen LogP contribution is 2.28.